The molecule has 110 valence electrons. The molecule has 0 aromatic heterocycles. The van der Waals surface area contributed by atoms with E-state index in [-0.39, 0.29) is 0 Å². The third kappa shape index (κ3) is 12.4. The quantitative estimate of drug-likeness (QED) is 0.563. The SMILES string of the molecule is CC(C)CCOCCNC(CC(C)C)CC(C)C. The lowest BCUT2D eigenvalue weighted by Gasteiger charge is -2.22. The van der Waals surface area contributed by atoms with Crippen LogP contribution < -0.4 is 5.32 Å². The predicted octanol–water partition coefficient (Wildman–Crippen LogP) is 4.10. The lowest BCUT2D eigenvalue weighted by molar-refractivity contribution is 0.122. The van der Waals surface area contributed by atoms with E-state index in [9.17, 15) is 0 Å². The standard InChI is InChI=1S/C16H35NO/c1-13(2)7-9-18-10-8-17-16(11-14(3)4)12-15(5)6/h13-17H,7-12H2,1-6H3. The molecule has 0 aromatic rings. The monoisotopic (exact) mass is 257 g/mol. The van der Waals surface area contributed by atoms with E-state index in [2.05, 4.69) is 46.9 Å². The van der Waals surface area contributed by atoms with E-state index in [4.69, 9.17) is 4.74 Å². The van der Waals surface area contributed by atoms with Crippen LogP contribution in [-0.2, 0) is 4.74 Å². The first-order chi connectivity index (χ1) is 8.41. The Morgan fingerprint density at radius 2 is 1.33 bits per heavy atom. The molecule has 0 bridgehead atoms. The number of hydrogen-bond acceptors (Lipinski definition) is 2. The van der Waals surface area contributed by atoms with Crippen molar-refractivity contribution in [2.24, 2.45) is 17.8 Å². The fourth-order valence-electron chi connectivity index (χ4n) is 2.16. The average Bonchev–Trinajstić information content (AvgIpc) is 2.20. The van der Waals surface area contributed by atoms with E-state index in [1.165, 1.54) is 19.3 Å². The molecule has 0 aromatic carbocycles. The molecule has 0 fully saturated rings. The van der Waals surface area contributed by atoms with Crippen LogP contribution in [0.3, 0.4) is 0 Å². The van der Waals surface area contributed by atoms with Crippen molar-refractivity contribution in [1.29, 1.82) is 0 Å². The summed E-state index contributed by atoms with van der Waals surface area (Å²) in [7, 11) is 0. The summed E-state index contributed by atoms with van der Waals surface area (Å²) >= 11 is 0. The van der Waals surface area contributed by atoms with Crippen LogP contribution in [0.4, 0.5) is 0 Å². The summed E-state index contributed by atoms with van der Waals surface area (Å²) in [5, 5.41) is 3.65. The van der Waals surface area contributed by atoms with Crippen LogP contribution in [0, 0.1) is 17.8 Å². The highest BCUT2D eigenvalue weighted by atomic mass is 16.5. The summed E-state index contributed by atoms with van der Waals surface area (Å²) in [6.45, 7) is 16.4. The van der Waals surface area contributed by atoms with Gasteiger partial charge in [-0.3, -0.25) is 0 Å². The van der Waals surface area contributed by atoms with Gasteiger partial charge in [0.15, 0.2) is 0 Å². The Bertz CT molecular complexity index is 168. The van der Waals surface area contributed by atoms with E-state index >= 15 is 0 Å². The molecule has 0 aliphatic carbocycles. The zero-order valence-corrected chi connectivity index (χ0v) is 13.5. The first-order valence-electron chi connectivity index (χ1n) is 7.72. The number of rotatable bonds is 11. The Morgan fingerprint density at radius 3 is 1.78 bits per heavy atom. The van der Waals surface area contributed by atoms with Crippen molar-refractivity contribution in [2.75, 3.05) is 19.8 Å². The maximum Gasteiger partial charge on any atom is 0.0591 e. The van der Waals surface area contributed by atoms with Gasteiger partial charge in [-0.25, -0.2) is 0 Å². The van der Waals surface area contributed by atoms with Gasteiger partial charge in [-0.2, -0.15) is 0 Å². The molecule has 2 nitrogen and oxygen atoms in total. The van der Waals surface area contributed by atoms with Gasteiger partial charge < -0.3 is 10.1 Å². The van der Waals surface area contributed by atoms with Gasteiger partial charge >= 0.3 is 0 Å². The van der Waals surface area contributed by atoms with Crippen LogP contribution in [0.2, 0.25) is 0 Å². The minimum atomic E-state index is 0.652. The fraction of sp³-hybridized carbons (Fsp3) is 1.00. The largest absolute Gasteiger partial charge is 0.380 e. The average molecular weight is 257 g/mol. The molecular weight excluding hydrogens is 222 g/mol. The Balaban J connectivity index is 3.62. The molecule has 0 saturated heterocycles. The molecule has 18 heavy (non-hydrogen) atoms. The van der Waals surface area contributed by atoms with Gasteiger partial charge in [-0.15, -0.1) is 0 Å². The van der Waals surface area contributed by atoms with Crippen molar-refractivity contribution >= 4 is 0 Å². The molecule has 0 amide bonds. The van der Waals surface area contributed by atoms with Crippen molar-refractivity contribution < 1.29 is 4.74 Å². The van der Waals surface area contributed by atoms with Gasteiger partial charge in [0.2, 0.25) is 0 Å². The van der Waals surface area contributed by atoms with Crippen molar-refractivity contribution in [3.05, 3.63) is 0 Å². The molecule has 0 radical (unpaired) electrons. The Morgan fingerprint density at radius 1 is 0.778 bits per heavy atom. The molecule has 0 aliphatic rings. The number of hydrogen-bond donors (Lipinski definition) is 1. The number of ether oxygens (including phenoxy) is 1. The first kappa shape index (κ1) is 17.9. The van der Waals surface area contributed by atoms with E-state index in [1.807, 2.05) is 0 Å². The molecule has 0 aliphatic heterocycles. The van der Waals surface area contributed by atoms with Crippen LogP contribution in [0.25, 0.3) is 0 Å². The lowest BCUT2D eigenvalue weighted by Crippen LogP contribution is -2.34. The smallest absolute Gasteiger partial charge is 0.0591 e. The summed E-state index contributed by atoms with van der Waals surface area (Å²) < 4.78 is 5.64. The Kier molecular flexibility index (Phi) is 10.8. The van der Waals surface area contributed by atoms with Crippen LogP contribution in [0.1, 0.15) is 60.8 Å². The summed E-state index contributed by atoms with van der Waals surface area (Å²) in [6.07, 6.45) is 3.70. The van der Waals surface area contributed by atoms with Crippen LogP contribution in [-0.4, -0.2) is 25.8 Å². The summed E-state index contributed by atoms with van der Waals surface area (Å²) in [5.41, 5.74) is 0. The highest BCUT2D eigenvalue weighted by Gasteiger charge is 2.11. The van der Waals surface area contributed by atoms with Crippen molar-refractivity contribution in [3.63, 3.8) is 0 Å². The minimum absolute atomic E-state index is 0.652. The molecule has 0 rings (SSSR count). The van der Waals surface area contributed by atoms with E-state index in [0.29, 0.717) is 6.04 Å². The van der Waals surface area contributed by atoms with Gasteiger partial charge in [-0.05, 0) is 37.0 Å². The zero-order valence-electron chi connectivity index (χ0n) is 13.5. The molecule has 0 heterocycles. The fourth-order valence-corrected chi connectivity index (χ4v) is 2.16. The topological polar surface area (TPSA) is 21.3 Å². The molecule has 0 saturated carbocycles. The molecule has 0 unspecified atom stereocenters. The third-order valence-electron chi connectivity index (χ3n) is 3.03. The van der Waals surface area contributed by atoms with Gasteiger partial charge in [0, 0.05) is 19.2 Å². The maximum absolute atomic E-state index is 5.64. The highest BCUT2D eigenvalue weighted by Crippen LogP contribution is 2.12. The minimum Gasteiger partial charge on any atom is -0.380 e. The molecule has 1 N–H and O–H groups in total. The Labute approximate surface area is 115 Å². The van der Waals surface area contributed by atoms with E-state index in [0.717, 1.165) is 37.5 Å². The van der Waals surface area contributed by atoms with E-state index in [1.54, 1.807) is 0 Å². The van der Waals surface area contributed by atoms with Gasteiger partial charge in [-0.1, -0.05) is 41.5 Å². The summed E-state index contributed by atoms with van der Waals surface area (Å²) in [5.74, 6) is 2.28. The van der Waals surface area contributed by atoms with Gasteiger partial charge in [0.1, 0.15) is 0 Å². The normalized spacial score (nSPS) is 12.3. The Hall–Kier alpha value is -0.0800. The predicted molar refractivity (Wildman–Crippen MR) is 81.0 cm³/mol. The van der Waals surface area contributed by atoms with Crippen molar-refractivity contribution in [2.45, 2.75) is 66.8 Å². The van der Waals surface area contributed by atoms with Crippen molar-refractivity contribution in [1.82, 2.24) is 5.32 Å². The second-order valence-electron chi connectivity index (χ2n) is 6.71. The van der Waals surface area contributed by atoms with Crippen molar-refractivity contribution in [3.8, 4) is 0 Å². The van der Waals surface area contributed by atoms with Gasteiger partial charge in [0.05, 0.1) is 6.61 Å². The maximum atomic E-state index is 5.64. The second-order valence-corrected chi connectivity index (χ2v) is 6.71. The van der Waals surface area contributed by atoms with Crippen LogP contribution >= 0.6 is 0 Å². The van der Waals surface area contributed by atoms with E-state index < -0.39 is 0 Å². The third-order valence-corrected chi connectivity index (χ3v) is 3.03. The second kappa shape index (κ2) is 10.8. The van der Waals surface area contributed by atoms with Crippen LogP contribution in [0.5, 0.6) is 0 Å². The molecule has 0 spiro atoms. The van der Waals surface area contributed by atoms with Crippen LogP contribution in [0.15, 0.2) is 0 Å². The number of nitrogens with one attached hydrogen (secondary N) is 1. The summed E-state index contributed by atoms with van der Waals surface area (Å²) in [6, 6.07) is 0.652. The summed E-state index contributed by atoms with van der Waals surface area (Å²) in [4.78, 5) is 0. The first-order valence-corrected chi connectivity index (χ1v) is 7.72. The molecular formula is C16H35NO. The molecule has 0 atom stereocenters. The highest BCUT2D eigenvalue weighted by molar-refractivity contribution is 4.70. The van der Waals surface area contributed by atoms with Gasteiger partial charge in [0.25, 0.3) is 0 Å². The molecule has 2 heteroatoms. The lowest BCUT2D eigenvalue weighted by atomic mass is 9.96. The zero-order chi connectivity index (χ0) is 14.0.